The Labute approximate surface area is 148 Å². The molecule has 0 amide bonds. The maximum Gasteiger partial charge on any atom is 0.170 e. The minimum atomic E-state index is 0.628. The fourth-order valence-electron chi connectivity index (χ4n) is 2.82. The maximum absolute atomic E-state index is 5.19. The third-order valence-electron chi connectivity index (χ3n) is 4.07. The summed E-state index contributed by atoms with van der Waals surface area (Å²) < 4.78 is 0. The van der Waals surface area contributed by atoms with E-state index in [0.717, 1.165) is 44.2 Å². The number of piperazine rings is 1. The third-order valence-corrected chi connectivity index (χ3v) is 4.31. The Morgan fingerprint density at radius 1 is 1.04 bits per heavy atom. The molecule has 1 fully saturated rings. The van der Waals surface area contributed by atoms with Crippen molar-refractivity contribution < 1.29 is 0 Å². The monoisotopic (exact) mass is 341 g/mol. The van der Waals surface area contributed by atoms with Gasteiger partial charge < -0.3 is 20.4 Å². The zero-order valence-electron chi connectivity index (χ0n) is 13.9. The second-order valence-electron chi connectivity index (χ2n) is 5.70. The number of thiocarbonyl (C=S) groups is 1. The van der Waals surface area contributed by atoms with Gasteiger partial charge in [-0.3, -0.25) is 0 Å². The van der Waals surface area contributed by atoms with Crippen LogP contribution in [0.15, 0.2) is 48.7 Å². The van der Waals surface area contributed by atoms with Gasteiger partial charge in [0.2, 0.25) is 0 Å². The average molecular weight is 341 g/mol. The lowest BCUT2D eigenvalue weighted by Gasteiger charge is -2.36. The van der Waals surface area contributed by atoms with Crippen molar-refractivity contribution in [3.8, 4) is 0 Å². The summed E-state index contributed by atoms with van der Waals surface area (Å²) in [7, 11) is 0. The molecular weight excluding hydrogens is 318 g/mol. The molecule has 126 valence electrons. The second-order valence-corrected chi connectivity index (χ2v) is 6.11. The van der Waals surface area contributed by atoms with Gasteiger partial charge in [0.15, 0.2) is 5.11 Å². The van der Waals surface area contributed by atoms with Crippen molar-refractivity contribution in [3.63, 3.8) is 0 Å². The normalized spacial score (nSPS) is 14.4. The number of hydrogen-bond acceptors (Lipinski definition) is 4. The zero-order chi connectivity index (χ0) is 16.8. The van der Waals surface area contributed by atoms with Crippen LogP contribution >= 0.6 is 12.2 Å². The lowest BCUT2D eigenvalue weighted by atomic mass is 10.2. The molecule has 0 bridgehead atoms. The van der Waals surface area contributed by atoms with Crippen molar-refractivity contribution in [1.29, 1.82) is 0 Å². The highest BCUT2D eigenvalue weighted by Crippen LogP contribution is 2.19. The first kappa shape index (κ1) is 16.5. The summed E-state index contributed by atoms with van der Waals surface area (Å²) in [6, 6.07) is 14.6. The van der Waals surface area contributed by atoms with E-state index in [0.29, 0.717) is 5.11 Å². The van der Waals surface area contributed by atoms with Crippen LogP contribution in [0.4, 0.5) is 17.2 Å². The molecule has 0 atom stereocenters. The van der Waals surface area contributed by atoms with E-state index in [1.807, 2.05) is 19.2 Å². The van der Waals surface area contributed by atoms with Gasteiger partial charge in [0.05, 0.1) is 11.9 Å². The number of anilines is 3. The highest BCUT2D eigenvalue weighted by atomic mass is 32.1. The lowest BCUT2D eigenvalue weighted by Crippen LogP contribution is -2.46. The number of benzene rings is 1. The predicted octanol–water partition coefficient (Wildman–Crippen LogP) is 2.71. The lowest BCUT2D eigenvalue weighted by molar-refractivity contribution is 0.647. The van der Waals surface area contributed by atoms with Gasteiger partial charge in [-0.15, -0.1) is 0 Å². The molecule has 0 unspecified atom stereocenters. The summed E-state index contributed by atoms with van der Waals surface area (Å²) in [4.78, 5) is 9.31. The minimum absolute atomic E-state index is 0.628. The molecule has 2 aromatic rings. The number of rotatable bonds is 4. The first-order valence-electron chi connectivity index (χ1n) is 8.32. The summed E-state index contributed by atoms with van der Waals surface area (Å²) >= 11 is 5.19. The van der Waals surface area contributed by atoms with E-state index in [2.05, 4.69) is 61.8 Å². The van der Waals surface area contributed by atoms with Gasteiger partial charge in [0, 0.05) is 38.4 Å². The quantitative estimate of drug-likeness (QED) is 0.834. The molecule has 1 aliphatic heterocycles. The molecule has 1 aromatic heterocycles. The number of hydrogen-bond donors (Lipinski definition) is 2. The van der Waals surface area contributed by atoms with Gasteiger partial charge in [-0.1, -0.05) is 18.2 Å². The maximum atomic E-state index is 5.19. The van der Waals surface area contributed by atoms with Crippen LogP contribution in [0, 0.1) is 0 Å². The van der Waals surface area contributed by atoms with Gasteiger partial charge in [0.25, 0.3) is 0 Å². The number of aromatic nitrogens is 1. The Bertz CT molecular complexity index is 651. The summed E-state index contributed by atoms with van der Waals surface area (Å²) in [5.74, 6) is 1.02. The van der Waals surface area contributed by atoms with Crippen molar-refractivity contribution in [1.82, 2.24) is 10.3 Å². The third kappa shape index (κ3) is 4.14. The van der Waals surface area contributed by atoms with Crippen molar-refractivity contribution in [3.05, 3.63) is 48.7 Å². The fraction of sp³-hybridized carbons (Fsp3) is 0.333. The standard InChI is InChI=1S/C18H23N5S/c1-2-19-18(24)21-15-8-9-17(20-14-15)23-12-10-22(11-13-23)16-6-4-3-5-7-16/h3-9,14H,2,10-13H2,1H3,(H2,19,21,24). The summed E-state index contributed by atoms with van der Waals surface area (Å²) in [6.07, 6.45) is 1.84. The molecule has 24 heavy (non-hydrogen) atoms. The molecule has 0 saturated carbocycles. The van der Waals surface area contributed by atoms with E-state index >= 15 is 0 Å². The largest absolute Gasteiger partial charge is 0.368 e. The van der Waals surface area contributed by atoms with Gasteiger partial charge in [-0.05, 0) is 43.4 Å². The highest BCUT2D eigenvalue weighted by molar-refractivity contribution is 7.80. The molecular formula is C18H23N5S. The van der Waals surface area contributed by atoms with Gasteiger partial charge in [-0.2, -0.15) is 0 Å². The van der Waals surface area contributed by atoms with E-state index in [9.17, 15) is 0 Å². The first-order valence-corrected chi connectivity index (χ1v) is 8.73. The van der Waals surface area contributed by atoms with Crippen LogP contribution in [-0.2, 0) is 0 Å². The van der Waals surface area contributed by atoms with Gasteiger partial charge in [-0.25, -0.2) is 4.98 Å². The molecule has 1 aliphatic rings. The zero-order valence-corrected chi connectivity index (χ0v) is 14.7. The Kier molecular flexibility index (Phi) is 5.48. The van der Waals surface area contributed by atoms with E-state index in [-0.39, 0.29) is 0 Å². The van der Waals surface area contributed by atoms with Crippen LogP contribution in [0.5, 0.6) is 0 Å². The Hall–Kier alpha value is -2.34. The summed E-state index contributed by atoms with van der Waals surface area (Å²) in [5.41, 5.74) is 2.20. The molecule has 0 spiro atoms. The summed E-state index contributed by atoms with van der Waals surface area (Å²) in [5, 5.41) is 6.83. The van der Waals surface area contributed by atoms with Gasteiger partial charge >= 0.3 is 0 Å². The van der Waals surface area contributed by atoms with Crippen LogP contribution in [0.2, 0.25) is 0 Å². The molecule has 3 rings (SSSR count). The SMILES string of the molecule is CCNC(=S)Nc1ccc(N2CCN(c3ccccc3)CC2)nc1. The Balaban J connectivity index is 1.55. The average Bonchev–Trinajstić information content (AvgIpc) is 2.63. The Morgan fingerprint density at radius 3 is 2.38 bits per heavy atom. The van der Waals surface area contributed by atoms with E-state index in [1.54, 1.807) is 0 Å². The van der Waals surface area contributed by atoms with E-state index < -0.39 is 0 Å². The first-order chi connectivity index (χ1) is 11.8. The molecule has 6 heteroatoms. The van der Waals surface area contributed by atoms with Crippen molar-refractivity contribution in [2.45, 2.75) is 6.92 Å². The van der Waals surface area contributed by atoms with Crippen molar-refractivity contribution in [2.75, 3.05) is 47.8 Å². The number of nitrogens with zero attached hydrogens (tertiary/aromatic N) is 3. The highest BCUT2D eigenvalue weighted by Gasteiger charge is 2.18. The molecule has 0 aliphatic carbocycles. The van der Waals surface area contributed by atoms with Crippen LogP contribution < -0.4 is 20.4 Å². The van der Waals surface area contributed by atoms with Crippen LogP contribution in [-0.4, -0.2) is 42.8 Å². The second kappa shape index (κ2) is 7.97. The van der Waals surface area contributed by atoms with Gasteiger partial charge in [0.1, 0.15) is 5.82 Å². The number of nitrogens with one attached hydrogen (secondary N) is 2. The van der Waals surface area contributed by atoms with Crippen LogP contribution in [0.25, 0.3) is 0 Å². The van der Waals surface area contributed by atoms with Crippen molar-refractivity contribution in [2.24, 2.45) is 0 Å². The van der Waals surface area contributed by atoms with Crippen molar-refractivity contribution >= 4 is 34.5 Å². The number of pyridine rings is 1. The smallest absolute Gasteiger partial charge is 0.170 e. The molecule has 0 radical (unpaired) electrons. The topological polar surface area (TPSA) is 43.4 Å². The fourth-order valence-corrected chi connectivity index (χ4v) is 3.08. The number of para-hydroxylation sites is 1. The molecule has 2 N–H and O–H groups in total. The van der Waals surface area contributed by atoms with E-state index in [4.69, 9.17) is 12.2 Å². The minimum Gasteiger partial charge on any atom is -0.368 e. The van der Waals surface area contributed by atoms with Crippen LogP contribution in [0.3, 0.4) is 0 Å². The molecule has 5 nitrogen and oxygen atoms in total. The van der Waals surface area contributed by atoms with Crippen LogP contribution in [0.1, 0.15) is 6.92 Å². The molecule has 2 heterocycles. The molecule has 1 aromatic carbocycles. The van der Waals surface area contributed by atoms with E-state index in [1.165, 1.54) is 5.69 Å². The Morgan fingerprint density at radius 2 is 1.75 bits per heavy atom. The predicted molar refractivity (Wildman–Crippen MR) is 105 cm³/mol. The summed E-state index contributed by atoms with van der Waals surface area (Å²) in [6.45, 7) is 6.80. The molecule has 1 saturated heterocycles.